The zero-order chi connectivity index (χ0) is 14.5. The van der Waals surface area contributed by atoms with E-state index < -0.39 is 0 Å². The highest BCUT2D eigenvalue weighted by Gasteiger charge is 2.15. The van der Waals surface area contributed by atoms with Gasteiger partial charge in [-0.15, -0.1) is 11.3 Å². The average Bonchev–Trinajstić information content (AvgIpc) is 2.74. The number of fused-ring (bicyclic) bond motifs is 3. The molecule has 0 fully saturated rings. The molecule has 0 nitrogen and oxygen atoms in total. The van der Waals surface area contributed by atoms with Crippen molar-refractivity contribution in [2.45, 2.75) is 46.0 Å². The van der Waals surface area contributed by atoms with Crippen molar-refractivity contribution >= 4 is 31.5 Å². The molecule has 1 heteroatoms. The molecule has 0 aliphatic rings. The van der Waals surface area contributed by atoms with E-state index in [0.29, 0.717) is 5.92 Å². The Morgan fingerprint density at radius 2 is 1.60 bits per heavy atom. The van der Waals surface area contributed by atoms with Gasteiger partial charge in [0.05, 0.1) is 0 Å². The highest BCUT2D eigenvalue weighted by atomic mass is 32.1. The first kappa shape index (κ1) is 13.6. The van der Waals surface area contributed by atoms with Crippen LogP contribution in [0.2, 0.25) is 0 Å². The van der Waals surface area contributed by atoms with Gasteiger partial charge in [0.25, 0.3) is 0 Å². The van der Waals surface area contributed by atoms with Crippen LogP contribution in [-0.4, -0.2) is 0 Å². The van der Waals surface area contributed by atoms with Crippen molar-refractivity contribution in [1.29, 1.82) is 0 Å². The number of rotatable bonds is 1. The van der Waals surface area contributed by atoms with E-state index in [9.17, 15) is 0 Å². The summed E-state index contributed by atoms with van der Waals surface area (Å²) in [6.45, 7) is 11.3. The fourth-order valence-electron chi connectivity index (χ4n) is 2.62. The van der Waals surface area contributed by atoms with Crippen molar-refractivity contribution in [1.82, 2.24) is 0 Å². The van der Waals surface area contributed by atoms with Gasteiger partial charge < -0.3 is 0 Å². The lowest BCUT2D eigenvalue weighted by Gasteiger charge is -2.18. The Morgan fingerprint density at radius 3 is 2.25 bits per heavy atom. The topological polar surface area (TPSA) is 0 Å². The first-order chi connectivity index (χ1) is 9.36. The molecule has 0 saturated carbocycles. The summed E-state index contributed by atoms with van der Waals surface area (Å²) in [5.41, 5.74) is 3.05. The van der Waals surface area contributed by atoms with Gasteiger partial charge in [-0.25, -0.2) is 0 Å². The molecule has 0 saturated heterocycles. The molecule has 1 heterocycles. The Balaban J connectivity index is 2.27. The van der Waals surface area contributed by atoms with Crippen LogP contribution in [0.5, 0.6) is 0 Å². The highest BCUT2D eigenvalue weighted by molar-refractivity contribution is 7.25. The molecule has 0 aliphatic carbocycles. The summed E-state index contributed by atoms with van der Waals surface area (Å²) >= 11 is 1.91. The molecule has 2 aromatic carbocycles. The van der Waals surface area contributed by atoms with Gasteiger partial charge >= 0.3 is 0 Å². The van der Waals surface area contributed by atoms with E-state index in [1.807, 2.05) is 11.3 Å². The second kappa shape index (κ2) is 4.60. The van der Waals surface area contributed by atoms with Gasteiger partial charge in [0.15, 0.2) is 0 Å². The standard InChI is InChI=1S/C19H22S/c1-12(2)13-6-8-15-16-11-14(19(3,4)5)7-9-17(16)20-18(15)10-13/h6-12H,1-5H3. The van der Waals surface area contributed by atoms with Gasteiger partial charge in [0.1, 0.15) is 0 Å². The number of benzene rings is 2. The van der Waals surface area contributed by atoms with Crippen LogP contribution in [0.3, 0.4) is 0 Å². The summed E-state index contributed by atoms with van der Waals surface area (Å²) < 4.78 is 2.81. The summed E-state index contributed by atoms with van der Waals surface area (Å²) in [5.74, 6) is 0.592. The molecule has 0 amide bonds. The second-order valence-electron chi connectivity index (χ2n) is 6.97. The quantitative estimate of drug-likeness (QED) is 0.479. The molecule has 3 rings (SSSR count). The van der Waals surface area contributed by atoms with Gasteiger partial charge in [-0.3, -0.25) is 0 Å². The lowest BCUT2D eigenvalue weighted by molar-refractivity contribution is 0.591. The van der Waals surface area contributed by atoms with Crippen molar-refractivity contribution in [3.63, 3.8) is 0 Å². The predicted molar refractivity (Wildman–Crippen MR) is 92.1 cm³/mol. The van der Waals surface area contributed by atoms with E-state index in [-0.39, 0.29) is 5.41 Å². The van der Waals surface area contributed by atoms with E-state index in [0.717, 1.165) is 0 Å². The zero-order valence-corrected chi connectivity index (χ0v) is 13.8. The molecule has 0 atom stereocenters. The lowest BCUT2D eigenvalue weighted by Crippen LogP contribution is -2.10. The Morgan fingerprint density at radius 1 is 0.850 bits per heavy atom. The third-order valence-corrected chi connectivity index (χ3v) is 5.16. The fourth-order valence-corrected chi connectivity index (χ4v) is 3.75. The van der Waals surface area contributed by atoms with Crippen LogP contribution in [0.15, 0.2) is 36.4 Å². The SMILES string of the molecule is CC(C)c1ccc2c(c1)sc1ccc(C(C)(C)C)cc12. The number of hydrogen-bond donors (Lipinski definition) is 0. The highest BCUT2D eigenvalue weighted by Crippen LogP contribution is 2.37. The molecule has 3 aromatic rings. The smallest absolute Gasteiger partial charge is 0.0358 e. The van der Waals surface area contributed by atoms with Crippen LogP contribution in [0.25, 0.3) is 20.2 Å². The summed E-state index contributed by atoms with van der Waals surface area (Å²) in [7, 11) is 0. The molecular formula is C19H22S. The summed E-state index contributed by atoms with van der Waals surface area (Å²) in [4.78, 5) is 0. The Hall–Kier alpha value is -1.34. The third kappa shape index (κ3) is 2.25. The van der Waals surface area contributed by atoms with Gasteiger partial charge in [-0.2, -0.15) is 0 Å². The molecule has 0 N–H and O–H groups in total. The number of hydrogen-bond acceptors (Lipinski definition) is 1. The molecule has 0 bridgehead atoms. The maximum Gasteiger partial charge on any atom is 0.0358 e. The Kier molecular flexibility index (Phi) is 3.13. The van der Waals surface area contributed by atoms with Crippen LogP contribution >= 0.6 is 11.3 Å². The van der Waals surface area contributed by atoms with Crippen LogP contribution in [0.1, 0.15) is 51.7 Å². The average molecular weight is 282 g/mol. The van der Waals surface area contributed by atoms with E-state index in [1.54, 1.807) is 0 Å². The molecule has 0 unspecified atom stereocenters. The lowest BCUT2D eigenvalue weighted by atomic mass is 9.86. The zero-order valence-electron chi connectivity index (χ0n) is 12.9. The monoisotopic (exact) mass is 282 g/mol. The van der Waals surface area contributed by atoms with Gasteiger partial charge in [-0.05, 0) is 40.7 Å². The van der Waals surface area contributed by atoms with Crippen molar-refractivity contribution in [3.8, 4) is 0 Å². The largest absolute Gasteiger partial charge is 0.135 e. The maximum absolute atomic E-state index is 2.38. The molecule has 104 valence electrons. The van der Waals surface area contributed by atoms with E-state index in [1.165, 1.54) is 31.3 Å². The van der Waals surface area contributed by atoms with Crippen molar-refractivity contribution < 1.29 is 0 Å². The van der Waals surface area contributed by atoms with Crippen LogP contribution < -0.4 is 0 Å². The predicted octanol–water partition coefficient (Wildman–Crippen LogP) is 6.48. The van der Waals surface area contributed by atoms with Gasteiger partial charge in [0.2, 0.25) is 0 Å². The van der Waals surface area contributed by atoms with Crippen LogP contribution in [0, 0.1) is 0 Å². The minimum Gasteiger partial charge on any atom is -0.135 e. The second-order valence-corrected chi connectivity index (χ2v) is 8.06. The first-order valence-corrected chi connectivity index (χ1v) is 8.14. The van der Waals surface area contributed by atoms with Crippen molar-refractivity contribution in [2.24, 2.45) is 0 Å². The molecule has 20 heavy (non-hydrogen) atoms. The molecule has 1 aromatic heterocycles. The van der Waals surface area contributed by atoms with Crippen LogP contribution in [-0.2, 0) is 5.41 Å². The van der Waals surface area contributed by atoms with Crippen molar-refractivity contribution in [2.75, 3.05) is 0 Å². The van der Waals surface area contributed by atoms with E-state index in [2.05, 4.69) is 71.0 Å². The fraction of sp³-hybridized carbons (Fsp3) is 0.368. The Bertz CT molecular complexity index is 769. The van der Waals surface area contributed by atoms with E-state index >= 15 is 0 Å². The normalized spacial score (nSPS) is 12.7. The molecule has 0 spiro atoms. The molecule has 0 aliphatic heterocycles. The minimum atomic E-state index is 0.209. The first-order valence-electron chi connectivity index (χ1n) is 7.33. The summed E-state index contributed by atoms with van der Waals surface area (Å²) in [6.07, 6.45) is 0. The van der Waals surface area contributed by atoms with Crippen LogP contribution in [0.4, 0.5) is 0 Å². The molecule has 0 radical (unpaired) electrons. The minimum absolute atomic E-state index is 0.209. The number of thiophene rings is 1. The molecular weight excluding hydrogens is 260 g/mol. The van der Waals surface area contributed by atoms with E-state index in [4.69, 9.17) is 0 Å². The van der Waals surface area contributed by atoms with Gasteiger partial charge in [-0.1, -0.05) is 52.8 Å². The van der Waals surface area contributed by atoms with Crippen molar-refractivity contribution in [3.05, 3.63) is 47.5 Å². The Labute approximate surface area is 125 Å². The van der Waals surface area contributed by atoms with Gasteiger partial charge in [0, 0.05) is 20.2 Å². The summed E-state index contributed by atoms with van der Waals surface area (Å²) in [5, 5.41) is 2.81. The third-order valence-electron chi connectivity index (χ3n) is 4.03. The maximum atomic E-state index is 2.38. The summed E-state index contributed by atoms with van der Waals surface area (Å²) in [6, 6.07) is 13.9.